The molecule has 1 atom stereocenters. The van der Waals surface area contributed by atoms with Crippen molar-refractivity contribution in [1.29, 1.82) is 0 Å². The monoisotopic (exact) mass is 294 g/mol. The maximum absolute atomic E-state index is 11.5. The van der Waals surface area contributed by atoms with Gasteiger partial charge in [-0.25, -0.2) is 8.42 Å². The summed E-state index contributed by atoms with van der Waals surface area (Å²) in [5, 5.41) is 0. The Labute approximate surface area is 121 Å². The largest absolute Gasteiger partial charge is 0.501 e. The molecule has 1 aromatic carbocycles. The third-order valence-electron chi connectivity index (χ3n) is 3.69. The molecule has 2 rings (SSSR count). The first kappa shape index (κ1) is 15.1. The van der Waals surface area contributed by atoms with Gasteiger partial charge < -0.3 is 4.74 Å². The van der Waals surface area contributed by atoms with E-state index < -0.39 is 9.84 Å². The first-order valence-corrected chi connectivity index (χ1v) is 8.93. The maximum Gasteiger partial charge on any atom is 0.150 e. The molecule has 3 nitrogen and oxygen atoms in total. The van der Waals surface area contributed by atoms with Gasteiger partial charge in [-0.05, 0) is 43.2 Å². The van der Waals surface area contributed by atoms with Gasteiger partial charge in [0.2, 0.25) is 0 Å². The third kappa shape index (κ3) is 4.67. The number of hydrogen-bond donors (Lipinski definition) is 0. The Bertz CT molecular complexity index is 546. The van der Waals surface area contributed by atoms with Crippen LogP contribution in [0.2, 0.25) is 0 Å². The van der Waals surface area contributed by atoms with Crippen LogP contribution in [0.5, 0.6) is 0 Å². The highest BCUT2D eigenvalue weighted by Gasteiger charge is 2.24. The Balaban J connectivity index is 1.76. The van der Waals surface area contributed by atoms with Crippen LogP contribution < -0.4 is 0 Å². The van der Waals surface area contributed by atoms with E-state index in [9.17, 15) is 8.42 Å². The highest BCUT2D eigenvalue weighted by atomic mass is 32.2. The van der Waals surface area contributed by atoms with E-state index in [1.165, 1.54) is 0 Å². The van der Waals surface area contributed by atoms with Gasteiger partial charge in [0, 0.05) is 0 Å². The van der Waals surface area contributed by atoms with Crippen molar-refractivity contribution in [2.75, 3.05) is 18.1 Å². The van der Waals surface area contributed by atoms with Crippen LogP contribution in [0.3, 0.4) is 0 Å². The van der Waals surface area contributed by atoms with Gasteiger partial charge in [-0.3, -0.25) is 0 Å². The van der Waals surface area contributed by atoms with E-state index in [0.29, 0.717) is 18.1 Å². The fourth-order valence-corrected chi connectivity index (χ4v) is 4.36. The Morgan fingerprint density at radius 3 is 2.80 bits per heavy atom. The summed E-state index contributed by atoms with van der Waals surface area (Å²) in [4.78, 5) is 0. The molecular formula is C16H22O3S. The average molecular weight is 294 g/mol. The Hall–Kier alpha value is -1.29. The molecule has 0 spiro atoms. The van der Waals surface area contributed by atoms with E-state index >= 15 is 0 Å². The number of ether oxygens (including phenoxy) is 1. The van der Waals surface area contributed by atoms with Gasteiger partial charge >= 0.3 is 0 Å². The molecular weight excluding hydrogens is 272 g/mol. The minimum absolute atomic E-state index is 0.263. The maximum atomic E-state index is 11.5. The van der Waals surface area contributed by atoms with Crippen molar-refractivity contribution in [3.8, 4) is 0 Å². The lowest BCUT2D eigenvalue weighted by atomic mass is 10.0. The molecule has 0 aliphatic carbocycles. The SMILES string of the molecule is C/C(=C/OCCC1CCCS(=O)(=O)C1)c1ccccc1. The van der Waals surface area contributed by atoms with Crippen molar-refractivity contribution >= 4 is 15.4 Å². The summed E-state index contributed by atoms with van der Waals surface area (Å²) in [6, 6.07) is 10.1. The smallest absolute Gasteiger partial charge is 0.150 e. The van der Waals surface area contributed by atoms with Crippen molar-refractivity contribution in [2.45, 2.75) is 26.2 Å². The molecule has 0 amide bonds. The van der Waals surface area contributed by atoms with Gasteiger partial charge in [-0.2, -0.15) is 0 Å². The number of hydrogen-bond acceptors (Lipinski definition) is 3. The summed E-state index contributed by atoms with van der Waals surface area (Å²) in [5.74, 6) is 0.953. The summed E-state index contributed by atoms with van der Waals surface area (Å²) in [6.45, 7) is 2.60. The second kappa shape index (κ2) is 6.93. The van der Waals surface area contributed by atoms with Crippen molar-refractivity contribution in [3.05, 3.63) is 42.2 Å². The van der Waals surface area contributed by atoms with E-state index in [0.717, 1.165) is 30.4 Å². The zero-order valence-corrected chi connectivity index (χ0v) is 12.7. The predicted octanol–water partition coefficient (Wildman–Crippen LogP) is 3.28. The van der Waals surface area contributed by atoms with Gasteiger partial charge in [0.25, 0.3) is 0 Å². The highest BCUT2D eigenvalue weighted by Crippen LogP contribution is 2.21. The molecule has 1 unspecified atom stereocenters. The fraction of sp³-hybridized carbons (Fsp3) is 0.500. The first-order valence-electron chi connectivity index (χ1n) is 7.11. The molecule has 0 N–H and O–H groups in total. The van der Waals surface area contributed by atoms with Gasteiger partial charge in [-0.15, -0.1) is 0 Å². The van der Waals surface area contributed by atoms with Gasteiger partial charge in [0.05, 0.1) is 24.4 Å². The number of allylic oxidation sites excluding steroid dienone is 1. The topological polar surface area (TPSA) is 43.4 Å². The van der Waals surface area contributed by atoms with E-state index in [1.807, 2.05) is 37.3 Å². The molecule has 0 bridgehead atoms. The normalized spacial score (nSPS) is 22.4. The minimum Gasteiger partial charge on any atom is -0.501 e. The Morgan fingerprint density at radius 2 is 2.10 bits per heavy atom. The van der Waals surface area contributed by atoms with E-state index in [4.69, 9.17) is 4.74 Å². The van der Waals surface area contributed by atoms with Gasteiger partial charge in [0.15, 0.2) is 9.84 Å². The van der Waals surface area contributed by atoms with Crippen LogP contribution in [0.15, 0.2) is 36.6 Å². The van der Waals surface area contributed by atoms with E-state index in [-0.39, 0.29) is 5.92 Å². The lowest BCUT2D eigenvalue weighted by molar-refractivity contribution is 0.222. The van der Waals surface area contributed by atoms with Crippen LogP contribution in [0.1, 0.15) is 31.7 Å². The highest BCUT2D eigenvalue weighted by molar-refractivity contribution is 7.91. The standard InChI is InChI=1S/C16H22O3S/c1-14(16-7-3-2-4-8-16)12-19-10-9-15-6-5-11-20(17,18)13-15/h2-4,7-8,12,15H,5-6,9-11,13H2,1H3/b14-12-. The number of sulfone groups is 1. The molecule has 1 aliphatic heterocycles. The second-order valence-corrected chi connectivity index (χ2v) is 7.68. The fourth-order valence-electron chi connectivity index (χ4n) is 2.53. The molecule has 0 radical (unpaired) electrons. The van der Waals surface area contributed by atoms with Crippen LogP contribution >= 0.6 is 0 Å². The van der Waals surface area contributed by atoms with Crippen LogP contribution in [0, 0.1) is 5.92 Å². The zero-order chi connectivity index (χ0) is 14.4. The van der Waals surface area contributed by atoms with Crippen LogP contribution in [0.4, 0.5) is 0 Å². The first-order chi connectivity index (χ1) is 9.57. The molecule has 1 fully saturated rings. The average Bonchev–Trinajstić information content (AvgIpc) is 2.43. The Kier molecular flexibility index (Phi) is 5.24. The lowest BCUT2D eigenvalue weighted by Gasteiger charge is -2.21. The van der Waals surface area contributed by atoms with Crippen molar-refractivity contribution in [2.24, 2.45) is 5.92 Å². The summed E-state index contributed by atoms with van der Waals surface area (Å²) >= 11 is 0. The molecule has 4 heteroatoms. The van der Waals surface area contributed by atoms with Crippen LogP contribution in [-0.2, 0) is 14.6 Å². The summed E-state index contributed by atoms with van der Waals surface area (Å²) < 4.78 is 28.6. The van der Waals surface area contributed by atoms with Crippen LogP contribution in [0.25, 0.3) is 5.57 Å². The molecule has 0 saturated carbocycles. The van der Waals surface area contributed by atoms with Gasteiger partial charge in [-0.1, -0.05) is 30.3 Å². The molecule has 1 aromatic rings. The van der Waals surface area contributed by atoms with E-state index in [2.05, 4.69) is 0 Å². The summed E-state index contributed by atoms with van der Waals surface area (Å²) in [7, 11) is -2.80. The summed E-state index contributed by atoms with van der Waals surface area (Å²) in [5.41, 5.74) is 2.23. The number of benzene rings is 1. The van der Waals surface area contributed by atoms with Crippen molar-refractivity contribution in [3.63, 3.8) is 0 Å². The Morgan fingerprint density at radius 1 is 1.35 bits per heavy atom. The zero-order valence-electron chi connectivity index (χ0n) is 11.9. The lowest BCUT2D eigenvalue weighted by Crippen LogP contribution is -2.25. The third-order valence-corrected chi connectivity index (χ3v) is 5.58. The second-order valence-electron chi connectivity index (χ2n) is 5.45. The van der Waals surface area contributed by atoms with Crippen molar-refractivity contribution < 1.29 is 13.2 Å². The predicted molar refractivity (Wildman–Crippen MR) is 82.0 cm³/mol. The molecule has 1 aliphatic rings. The molecule has 1 heterocycles. The van der Waals surface area contributed by atoms with Crippen LogP contribution in [-0.4, -0.2) is 26.5 Å². The summed E-state index contributed by atoms with van der Waals surface area (Å²) in [6.07, 6.45) is 4.39. The number of rotatable bonds is 5. The molecule has 0 aromatic heterocycles. The van der Waals surface area contributed by atoms with E-state index in [1.54, 1.807) is 6.26 Å². The molecule has 110 valence electrons. The minimum atomic E-state index is -2.80. The van der Waals surface area contributed by atoms with Gasteiger partial charge in [0.1, 0.15) is 0 Å². The quantitative estimate of drug-likeness (QED) is 0.618. The van der Waals surface area contributed by atoms with Crippen molar-refractivity contribution in [1.82, 2.24) is 0 Å². The molecule has 1 saturated heterocycles. The molecule has 20 heavy (non-hydrogen) atoms.